The second-order valence-corrected chi connectivity index (χ2v) is 14.1. The Morgan fingerprint density at radius 1 is 0.565 bits per heavy atom. The van der Waals surface area contributed by atoms with Crippen molar-refractivity contribution >= 4 is 19.8 Å². The summed E-state index contributed by atoms with van der Waals surface area (Å²) in [7, 11) is -4.60. The van der Waals surface area contributed by atoms with Gasteiger partial charge in [0.25, 0.3) is 0 Å². The molecule has 0 bridgehead atoms. The van der Waals surface area contributed by atoms with Gasteiger partial charge in [0.15, 0.2) is 6.10 Å². The molecule has 0 saturated carbocycles. The number of phosphoric ester groups is 1. The van der Waals surface area contributed by atoms with E-state index in [0.29, 0.717) is 12.8 Å². The molecule has 0 heterocycles. The second kappa shape index (κ2) is 32.5. The average Bonchev–Trinajstić information content (AvgIpc) is 3.04. The Morgan fingerprint density at radius 2 is 0.935 bits per heavy atom. The van der Waals surface area contributed by atoms with E-state index in [1.807, 2.05) is 0 Å². The van der Waals surface area contributed by atoms with Gasteiger partial charge in [0.05, 0.1) is 19.8 Å². The van der Waals surface area contributed by atoms with E-state index >= 15 is 0 Å². The zero-order chi connectivity index (χ0) is 34.1. The van der Waals surface area contributed by atoms with Crippen LogP contribution >= 0.6 is 7.82 Å². The molecule has 3 atom stereocenters. The van der Waals surface area contributed by atoms with Crippen LogP contribution in [-0.2, 0) is 32.7 Å². The minimum absolute atomic E-state index is 0.191. The number of hydrogen-bond donors (Lipinski definition) is 3. The second-order valence-electron chi connectivity index (χ2n) is 12.6. The molecule has 0 radical (unpaired) electrons. The lowest BCUT2D eigenvalue weighted by Gasteiger charge is -2.20. The van der Waals surface area contributed by atoms with Crippen LogP contribution in [0.25, 0.3) is 0 Å². The summed E-state index contributed by atoms with van der Waals surface area (Å²) in [5, 5.41) is 18.2. The number of hydrogen-bond acceptors (Lipinski definition) is 9. The van der Waals surface area contributed by atoms with Crippen molar-refractivity contribution in [2.45, 2.75) is 187 Å². The van der Waals surface area contributed by atoms with Crippen molar-refractivity contribution in [3.63, 3.8) is 0 Å². The molecule has 0 aliphatic carbocycles. The third-order valence-electron chi connectivity index (χ3n) is 8.01. The van der Waals surface area contributed by atoms with Gasteiger partial charge in [-0.1, -0.05) is 149 Å². The van der Waals surface area contributed by atoms with E-state index < -0.39 is 51.8 Å². The fourth-order valence-corrected chi connectivity index (χ4v) is 5.90. The maximum Gasteiger partial charge on any atom is 0.472 e. The first-order valence-electron chi connectivity index (χ1n) is 18.5. The van der Waals surface area contributed by atoms with Crippen molar-refractivity contribution in [2.24, 2.45) is 0 Å². The lowest BCUT2D eigenvalue weighted by Crippen LogP contribution is -2.29. The van der Waals surface area contributed by atoms with Crippen molar-refractivity contribution in [3.8, 4) is 0 Å². The Hall–Kier alpha value is -1.03. The van der Waals surface area contributed by atoms with Gasteiger partial charge in [-0.3, -0.25) is 18.6 Å². The lowest BCUT2D eigenvalue weighted by molar-refractivity contribution is -0.161. The average molecular weight is 681 g/mol. The molecule has 0 spiro atoms. The Balaban J connectivity index is 4.37. The summed E-state index contributed by atoms with van der Waals surface area (Å²) < 4.78 is 32.5. The summed E-state index contributed by atoms with van der Waals surface area (Å²) in [6.07, 6.45) is 25.0. The van der Waals surface area contributed by atoms with Gasteiger partial charge in [-0.25, -0.2) is 4.57 Å². The van der Waals surface area contributed by atoms with Gasteiger partial charge >= 0.3 is 19.8 Å². The molecule has 0 amide bonds. The third-order valence-corrected chi connectivity index (χ3v) is 8.96. The number of unbranched alkanes of at least 4 members (excludes halogenated alkanes) is 21. The molecule has 0 aliphatic rings. The molecule has 46 heavy (non-hydrogen) atoms. The van der Waals surface area contributed by atoms with Gasteiger partial charge in [-0.2, -0.15) is 0 Å². The molecule has 0 aliphatic heterocycles. The molecule has 0 aromatic carbocycles. The first-order valence-corrected chi connectivity index (χ1v) is 20.0. The fraction of sp³-hybridized carbons (Fsp3) is 0.943. The van der Waals surface area contributed by atoms with Gasteiger partial charge < -0.3 is 24.6 Å². The zero-order valence-corrected chi connectivity index (χ0v) is 30.2. The highest BCUT2D eigenvalue weighted by molar-refractivity contribution is 7.47. The van der Waals surface area contributed by atoms with Crippen LogP contribution in [0.2, 0.25) is 0 Å². The Bertz CT molecular complexity index is 751. The zero-order valence-electron chi connectivity index (χ0n) is 29.3. The normalized spacial score (nSPS) is 14.1. The summed E-state index contributed by atoms with van der Waals surface area (Å²) in [6, 6.07) is 0. The fourth-order valence-electron chi connectivity index (χ4n) is 5.11. The highest BCUT2D eigenvalue weighted by atomic mass is 31.2. The van der Waals surface area contributed by atoms with E-state index in [-0.39, 0.29) is 19.4 Å². The van der Waals surface area contributed by atoms with E-state index in [1.54, 1.807) is 0 Å². The molecule has 0 aromatic rings. The molecule has 0 fully saturated rings. The van der Waals surface area contributed by atoms with Gasteiger partial charge in [0.2, 0.25) is 0 Å². The maximum atomic E-state index is 12.5. The molecule has 3 N–H and O–H groups in total. The monoisotopic (exact) mass is 680 g/mol. The van der Waals surface area contributed by atoms with Crippen LogP contribution in [0.15, 0.2) is 0 Å². The van der Waals surface area contributed by atoms with E-state index in [9.17, 15) is 24.2 Å². The quantitative estimate of drug-likeness (QED) is 0.0337. The van der Waals surface area contributed by atoms with Crippen molar-refractivity contribution in [2.75, 3.05) is 26.4 Å². The van der Waals surface area contributed by atoms with E-state index in [2.05, 4.69) is 18.4 Å². The molecular formula is C35H69O10P. The number of carbonyl (C=O) groups is 2. The van der Waals surface area contributed by atoms with Crippen LogP contribution in [0.4, 0.5) is 0 Å². The Labute approximate surface area is 280 Å². The molecule has 0 rings (SSSR count). The molecule has 11 heteroatoms. The summed E-state index contributed by atoms with van der Waals surface area (Å²) in [5.41, 5.74) is 0. The molecule has 3 unspecified atom stereocenters. The number of aliphatic hydroxyl groups is 2. The summed E-state index contributed by atoms with van der Waals surface area (Å²) in [4.78, 5) is 34.7. The SMILES string of the molecule is CCCCCCCCCCCCCCC(=O)OC(COC(=O)CCCCCCCCCCCCC)COP(=O)(O)OCC(O)CO. The van der Waals surface area contributed by atoms with E-state index in [4.69, 9.17) is 19.1 Å². The number of aliphatic hydroxyl groups excluding tert-OH is 2. The summed E-state index contributed by atoms with van der Waals surface area (Å²) in [6.45, 7) is 2.36. The lowest BCUT2D eigenvalue weighted by atomic mass is 10.0. The van der Waals surface area contributed by atoms with Crippen LogP contribution in [-0.4, -0.2) is 65.7 Å². The van der Waals surface area contributed by atoms with Crippen LogP contribution in [0.5, 0.6) is 0 Å². The van der Waals surface area contributed by atoms with Crippen LogP contribution in [0, 0.1) is 0 Å². The van der Waals surface area contributed by atoms with Gasteiger partial charge in [0, 0.05) is 12.8 Å². The molecule has 274 valence electrons. The maximum absolute atomic E-state index is 12.5. The first-order chi connectivity index (χ1) is 22.2. The summed E-state index contributed by atoms with van der Waals surface area (Å²) >= 11 is 0. The number of phosphoric acid groups is 1. The van der Waals surface area contributed by atoms with Crippen molar-refractivity contribution in [3.05, 3.63) is 0 Å². The van der Waals surface area contributed by atoms with Gasteiger partial charge in [-0.15, -0.1) is 0 Å². The molecule has 0 saturated heterocycles. The standard InChI is InChI=1S/C35H69O10P/c1-3-5-7-9-11-13-15-17-19-21-23-25-27-35(39)45-33(31-44-46(40,41)43-29-32(37)28-36)30-42-34(38)26-24-22-20-18-16-14-12-10-8-6-4-2/h32-33,36-37H,3-31H2,1-2H3,(H,40,41). The number of carbonyl (C=O) groups excluding carboxylic acids is 2. The van der Waals surface area contributed by atoms with Crippen molar-refractivity contribution < 1.29 is 47.8 Å². The first kappa shape index (κ1) is 45.0. The number of esters is 2. The van der Waals surface area contributed by atoms with Gasteiger partial charge in [-0.05, 0) is 12.8 Å². The minimum atomic E-state index is -4.60. The molecule has 10 nitrogen and oxygen atoms in total. The molecular weight excluding hydrogens is 611 g/mol. The summed E-state index contributed by atoms with van der Waals surface area (Å²) in [5.74, 6) is -0.918. The predicted molar refractivity (Wildman–Crippen MR) is 182 cm³/mol. The van der Waals surface area contributed by atoms with Crippen LogP contribution in [0.1, 0.15) is 174 Å². The third kappa shape index (κ3) is 31.6. The Kier molecular flexibility index (Phi) is 31.8. The topological polar surface area (TPSA) is 149 Å². The highest BCUT2D eigenvalue weighted by Crippen LogP contribution is 2.43. The smallest absolute Gasteiger partial charge is 0.462 e. The van der Waals surface area contributed by atoms with Crippen molar-refractivity contribution in [1.29, 1.82) is 0 Å². The number of rotatable bonds is 35. The predicted octanol–water partition coefficient (Wildman–Crippen LogP) is 8.72. The molecule has 0 aromatic heterocycles. The van der Waals surface area contributed by atoms with Crippen molar-refractivity contribution in [1.82, 2.24) is 0 Å². The van der Waals surface area contributed by atoms with Crippen LogP contribution in [0.3, 0.4) is 0 Å². The highest BCUT2D eigenvalue weighted by Gasteiger charge is 2.27. The number of ether oxygens (including phenoxy) is 2. The Morgan fingerprint density at radius 3 is 1.35 bits per heavy atom. The minimum Gasteiger partial charge on any atom is -0.462 e. The van der Waals surface area contributed by atoms with Gasteiger partial charge in [0.1, 0.15) is 12.7 Å². The van der Waals surface area contributed by atoms with Crippen LogP contribution < -0.4 is 0 Å². The van der Waals surface area contributed by atoms with E-state index in [0.717, 1.165) is 38.5 Å². The largest absolute Gasteiger partial charge is 0.472 e. The van der Waals surface area contributed by atoms with E-state index in [1.165, 1.54) is 96.3 Å².